The summed E-state index contributed by atoms with van der Waals surface area (Å²) in [4.78, 5) is 31.8. The van der Waals surface area contributed by atoms with E-state index in [1.807, 2.05) is 4.90 Å². The second kappa shape index (κ2) is 7.84. The zero-order valence-electron chi connectivity index (χ0n) is 17.7. The molecule has 5 aliphatic rings. The summed E-state index contributed by atoms with van der Waals surface area (Å²) in [6, 6.07) is 0.689. The molecule has 6 nitrogen and oxygen atoms in total. The van der Waals surface area contributed by atoms with Gasteiger partial charge in [-0.1, -0.05) is 12.8 Å². The van der Waals surface area contributed by atoms with E-state index < -0.39 is 5.60 Å². The van der Waals surface area contributed by atoms with Crippen LogP contribution in [-0.2, 0) is 9.59 Å². The molecule has 2 atom stereocenters. The monoisotopic (exact) mass is 403 g/mol. The molecule has 5 fully saturated rings. The molecular weight excluding hydrogens is 366 g/mol. The number of fused-ring (bicyclic) bond motifs is 1. The van der Waals surface area contributed by atoms with E-state index in [1.54, 1.807) is 4.90 Å². The highest BCUT2D eigenvalue weighted by Crippen LogP contribution is 2.40. The van der Waals surface area contributed by atoms with Crippen molar-refractivity contribution < 1.29 is 14.7 Å². The minimum Gasteiger partial charge on any atom is -0.380 e. The fourth-order valence-corrected chi connectivity index (χ4v) is 6.49. The van der Waals surface area contributed by atoms with E-state index in [1.165, 1.54) is 51.6 Å². The molecular formula is C23H37N3O3. The van der Waals surface area contributed by atoms with Crippen molar-refractivity contribution in [1.82, 2.24) is 14.7 Å². The SMILES string of the molecule is O=C(C1CCC(N2CCC3CCCC3C2)CC1)N1CCN(C(=O)C2(O)CC2)CC1. The number of amides is 2. The lowest BCUT2D eigenvalue weighted by atomic mass is 9.81. The Kier molecular flexibility index (Phi) is 5.35. The molecule has 3 aliphatic carbocycles. The second-order valence-corrected chi connectivity index (χ2v) is 10.4. The zero-order valence-corrected chi connectivity index (χ0v) is 17.7. The van der Waals surface area contributed by atoms with Crippen molar-refractivity contribution in [1.29, 1.82) is 0 Å². The van der Waals surface area contributed by atoms with Crippen LogP contribution in [0, 0.1) is 17.8 Å². The van der Waals surface area contributed by atoms with Gasteiger partial charge in [0.1, 0.15) is 5.60 Å². The second-order valence-electron chi connectivity index (χ2n) is 10.4. The number of piperazine rings is 1. The van der Waals surface area contributed by atoms with Crippen molar-refractivity contribution in [2.24, 2.45) is 17.8 Å². The van der Waals surface area contributed by atoms with Crippen LogP contribution in [0.15, 0.2) is 0 Å². The molecule has 5 rings (SSSR count). The van der Waals surface area contributed by atoms with Crippen molar-refractivity contribution in [3.63, 3.8) is 0 Å². The third-order valence-corrected chi connectivity index (χ3v) is 8.64. The molecule has 2 aliphatic heterocycles. The lowest BCUT2D eigenvalue weighted by Gasteiger charge is -2.43. The first-order valence-electron chi connectivity index (χ1n) is 12.1. The predicted octanol–water partition coefficient (Wildman–Crippen LogP) is 1.86. The van der Waals surface area contributed by atoms with Crippen LogP contribution >= 0.6 is 0 Å². The van der Waals surface area contributed by atoms with Crippen molar-refractivity contribution in [3.8, 4) is 0 Å². The number of hydrogen-bond donors (Lipinski definition) is 1. The van der Waals surface area contributed by atoms with Crippen LogP contribution in [-0.4, -0.2) is 82.5 Å². The topological polar surface area (TPSA) is 64.1 Å². The average Bonchev–Trinajstić information content (AvgIpc) is 3.34. The molecule has 3 saturated carbocycles. The van der Waals surface area contributed by atoms with Gasteiger partial charge in [0.25, 0.3) is 5.91 Å². The number of piperidine rings is 1. The molecule has 162 valence electrons. The highest BCUT2D eigenvalue weighted by atomic mass is 16.3. The smallest absolute Gasteiger partial charge is 0.254 e. The van der Waals surface area contributed by atoms with E-state index in [0.717, 1.165) is 24.7 Å². The highest BCUT2D eigenvalue weighted by Gasteiger charge is 2.50. The summed E-state index contributed by atoms with van der Waals surface area (Å²) >= 11 is 0. The van der Waals surface area contributed by atoms with Gasteiger partial charge in [-0.3, -0.25) is 9.59 Å². The van der Waals surface area contributed by atoms with Gasteiger partial charge in [0.2, 0.25) is 5.91 Å². The van der Waals surface area contributed by atoms with Crippen molar-refractivity contribution in [2.75, 3.05) is 39.3 Å². The lowest BCUT2D eigenvalue weighted by Crippen LogP contribution is -2.55. The first-order chi connectivity index (χ1) is 14.0. The van der Waals surface area contributed by atoms with Gasteiger partial charge in [0.05, 0.1) is 0 Å². The van der Waals surface area contributed by atoms with Gasteiger partial charge < -0.3 is 19.8 Å². The van der Waals surface area contributed by atoms with Crippen LogP contribution in [0.2, 0.25) is 0 Å². The van der Waals surface area contributed by atoms with E-state index in [4.69, 9.17) is 0 Å². The molecule has 2 saturated heterocycles. The molecule has 2 heterocycles. The van der Waals surface area contributed by atoms with E-state index in [2.05, 4.69) is 4.90 Å². The van der Waals surface area contributed by atoms with Crippen LogP contribution < -0.4 is 0 Å². The molecule has 1 N–H and O–H groups in total. The standard InChI is InChI=1S/C23H37N3O3/c27-21(24-12-14-25(15-13-24)22(28)23(29)9-10-23)18-4-6-20(7-5-18)26-11-8-17-2-1-3-19(17)16-26/h17-20,29H,1-16H2. The summed E-state index contributed by atoms with van der Waals surface area (Å²) in [5.74, 6) is 2.28. The third-order valence-electron chi connectivity index (χ3n) is 8.64. The number of nitrogens with zero attached hydrogens (tertiary/aromatic N) is 3. The van der Waals surface area contributed by atoms with Crippen LogP contribution in [0.5, 0.6) is 0 Å². The minimum atomic E-state index is -1.09. The van der Waals surface area contributed by atoms with Gasteiger partial charge in [-0.2, -0.15) is 0 Å². The number of hydrogen-bond acceptors (Lipinski definition) is 4. The van der Waals surface area contributed by atoms with Gasteiger partial charge in [-0.05, 0) is 69.7 Å². The molecule has 2 unspecified atom stereocenters. The number of likely N-dealkylation sites (tertiary alicyclic amines) is 1. The quantitative estimate of drug-likeness (QED) is 0.781. The molecule has 0 bridgehead atoms. The van der Waals surface area contributed by atoms with Gasteiger partial charge in [-0.15, -0.1) is 0 Å². The lowest BCUT2D eigenvalue weighted by molar-refractivity contribution is -0.148. The Balaban J connectivity index is 1.07. The summed E-state index contributed by atoms with van der Waals surface area (Å²) < 4.78 is 0. The summed E-state index contributed by atoms with van der Waals surface area (Å²) in [5.41, 5.74) is -1.09. The summed E-state index contributed by atoms with van der Waals surface area (Å²) in [6.45, 7) is 4.95. The van der Waals surface area contributed by atoms with Gasteiger partial charge in [0.15, 0.2) is 0 Å². The van der Waals surface area contributed by atoms with Crippen LogP contribution in [0.25, 0.3) is 0 Å². The molecule has 2 amide bonds. The molecule has 29 heavy (non-hydrogen) atoms. The maximum Gasteiger partial charge on any atom is 0.254 e. The maximum atomic E-state index is 13.0. The molecule has 0 spiro atoms. The van der Waals surface area contributed by atoms with Gasteiger partial charge in [0, 0.05) is 44.7 Å². The fourth-order valence-electron chi connectivity index (χ4n) is 6.49. The van der Waals surface area contributed by atoms with E-state index in [9.17, 15) is 14.7 Å². The molecule has 0 aromatic heterocycles. The van der Waals surface area contributed by atoms with E-state index in [-0.39, 0.29) is 11.8 Å². The Hall–Kier alpha value is -1.14. The number of rotatable bonds is 3. The summed E-state index contributed by atoms with van der Waals surface area (Å²) in [5, 5.41) is 10.0. The third kappa shape index (κ3) is 3.95. The first-order valence-corrected chi connectivity index (χ1v) is 12.1. The zero-order chi connectivity index (χ0) is 20.0. The van der Waals surface area contributed by atoms with E-state index >= 15 is 0 Å². The van der Waals surface area contributed by atoms with Crippen LogP contribution in [0.3, 0.4) is 0 Å². The maximum absolute atomic E-state index is 13.0. The van der Waals surface area contributed by atoms with E-state index in [0.29, 0.717) is 51.0 Å². The number of aliphatic hydroxyl groups is 1. The fraction of sp³-hybridized carbons (Fsp3) is 0.913. The Morgan fingerprint density at radius 2 is 1.41 bits per heavy atom. The predicted molar refractivity (Wildman–Crippen MR) is 110 cm³/mol. The minimum absolute atomic E-state index is 0.129. The van der Waals surface area contributed by atoms with Crippen LogP contribution in [0.1, 0.15) is 64.2 Å². The van der Waals surface area contributed by atoms with Crippen molar-refractivity contribution >= 4 is 11.8 Å². The summed E-state index contributed by atoms with van der Waals surface area (Å²) in [7, 11) is 0. The Morgan fingerprint density at radius 3 is 2.10 bits per heavy atom. The normalized spacial score (nSPS) is 37.3. The number of carbonyl (C=O) groups is 2. The molecule has 0 aromatic rings. The van der Waals surface area contributed by atoms with Gasteiger partial charge in [-0.25, -0.2) is 0 Å². The Bertz CT molecular complexity index is 633. The first kappa shape index (κ1) is 19.8. The van der Waals surface area contributed by atoms with Gasteiger partial charge >= 0.3 is 0 Å². The molecule has 6 heteroatoms. The summed E-state index contributed by atoms with van der Waals surface area (Å²) in [6.07, 6.45) is 11.3. The number of carbonyl (C=O) groups excluding carboxylic acids is 2. The Labute approximate surface area is 174 Å². The van der Waals surface area contributed by atoms with Crippen LogP contribution in [0.4, 0.5) is 0 Å². The van der Waals surface area contributed by atoms with Crippen molar-refractivity contribution in [3.05, 3.63) is 0 Å². The molecule has 0 aromatic carbocycles. The Morgan fingerprint density at radius 1 is 0.759 bits per heavy atom. The molecule has 0 radical (unpaired) electrons. The average molecular weight is 404 g/mol. The largest absolute Gasteiger partial charge is 0.380 e. The van der Waals surface area contributed by atoms with Crippen molar-refractivity contribution in [2.45, 2.75) is 75.9 Å². The highest BCUT2D eigenvalue weighted by molar-refractivity contribution is 5.88.